The average Bonchev–Trinajstić information content (AvgIpc) is 2.96. The van der Waals surface area contributed by atoms with Gasteiger partial charge in [0.05, 0.1) is 16.6 Å². The third kappa shape index (κ3) is 1.82. The Kier molecular flexibility index (Phi) is 2.46. The summed E-state index contributed by atoms with van der Waals surface area (Å²) in [7, 11) is 0. The van der Waals surface area contributed by atoms with Gasteiger partial charge < -0.3 is 9.67 Å². The Morgan fingerprint density at radius 1 is 1.42 bits per heavy atom. The van der Waals surface area contributed by atoms with Gasteiger partial charge in [0.1, 0.15) is 5.82 Å². The molecule has 0 bridgehead atoms. The predicted octanol–water partition coefficient (Wildman–Crippen LogP) is 3.37. The Morgan fingerprint density at radius 3 is 2.63 bits per heavy atom. The monoisotopic (exact) mass is 258 g/mol. The van der Waals surface area contributed by atoms with Gasteiger partial charge in [0, 0.05) is 11.5 Å². The van der Waals surface area contributed by atoms with Crippen molar-refractivity contribution in [1.82, 2.24) is 9.55 Å². The lowest BCUT2D eigenvalue weighted by Gasteiger charge is -2.18. The molecule has 1 aliphatic carbocycles. The van der Waals surface area contributed by atoms with Crippen molar-refractivity contribution in [3.8, 4) is 0 Å². The first-order valence-electron chi connectivity index (χ1n) is 6.68. The molecule has 4 nitrogen and oxygen atoms in total. The number of hydrogen-bond acceptors (Lipinski definition) is 2. The van der Waals surface area contributed by atoms with E-state index in [-0.39, 0.29) is 5.54 Å². The number of hydrogen-bond donors (Lipinski definition) is 1. The van der Waals surface area contributed by atoms with Crippen LogP contribution in [-0.2, 0) is 5.54 Å². The second kappa shape index (κ2) is 3.83. The summed E-state index contributed by atoms with van der Waals surface area (Å²) in [6.45, 7) is 6.47. The maximum atomic E-state index is 11.1. The SMILES string of the molecule is CC(C)c1nc2ccc(C(=O)O)cc2n1C1(C)CC1. The van der Waals surface area contributed by atoms with Gasteiger partial charge >= 0.3 is 5.97 Å². The number of carboxylic acid groups (broad SMARTS) is 1. The van der Waals surface area contributed by atoms with Crippen molar-refractivity contribution in [2.24, 2.45) is 0 Å². The van der Waals surface area contributed by atoms with Crippen LogP contribution in [0.5, 0.6) is 0 Å². The van der Waals surface area contributed by atoms with E-state index in [2.05, 4.69) is 30.3 Å². The zero-order valence-electron chi connectivity index (χ0n) is 11.5. The van der Waals surface area contributed by atoms with Gasteiger partial charge in [-0.15, -0.1) is 0 Å². The van der Waals surface area contributed by atoms with Crippen LogP contribution in [0.2, 0.25) is 0 Å². The van der Waals surface area contributed by atoms with Crippen molar-refractivity contribution in [2.75, 3.05) is 0 Å². The molecular weight excluding hydrogens is 240 g/mol. The van der Waals surface area contributed by atoms with Crippen LogP contribution in [0.3, 0.4) is 0 Å². The van der Waals surface area contributed by atoms with Gasteiger partial charge in [-0.05, 0) is 38.0 Å². The molecule has 3 rings (SSSR count). The minimum Gasteiger partial charge on any atom is -0.478 e. The Hall–Kier alpha value is -1.84. The number of carbonyl (C=O) groups is 1. The zero-order valence-corrected chi connectivity index (χ0v) is 11.5. The van der Waals surface area contributed by atoms with Crippen molar-refractivity contribution >= 4 is 17.0 Å². The van der Waals surface area contributed by atoms with E-state index in [1.165, 1.54) is 0 Å². The lowest BCUT2D eigenvalue weighted by molar-refractivity contribution is 0.0697. The third-order valence-corrected chi connectivity index (χ3v) is 3.96. The molecule has 0 unspecified atom stereocenters. The van der Waals surface area contributed by atoms with E-state index in [1.54, 1.807) is 12.1 Å². The lowest BCUT2D eigenvalue weighted by atomic mass is 10.1. The Morgan fingerprint density at radius 2 is 2.11 bits per heavy atom. The van der Waals surface area contributed by atoms with Gasteiger partial charge in [-0.3, -0.25) is 0 Å². The second-order valence-corrected chi connectivity index (χ2v) is 5.97. The summed E-state index contributed by atoms with van der Waals surface area (Å²) in [5, 5.41) is 9.14. The minimum absolute atomic E-state index is 0.117. The predicted molar refractivity (Wildman–Crippen MR) is 73.7 cm³/mol. The number of rotatable bonds is 3. The van der Waals surface area contributed by atoms with Gasteiger partial charge in [-0.2, -0.15) is 0 Å². The molecule has 0 amide bonds. The first-order valence-corrected chi connectivity index (χ1v) is 6.68. The van der Waals surface area contributed by atoms with Crippen molar-refractivity contribution < 1.29 is 9.90 Å². The number of nitrogens with zero attached hydrogens (tertiary/aromatic N) is 2. The van der Waals surface area contributed by atoms with Crippen LogP contribution in [0.1, 0.15) is 55.7 Å². The van der Waals surface area contributed by atoms with Gasteiger partial charge in [0.25, 0.3) is 0 Å². The quantitative estimate of drug-likeness (QED) is 0.918. The van der Waals surface area contributed by atoms with Crippen LogP contribution in [0.15, 0.2) is 18.2 Å². The van der Waals surface area contributed by atoms with Crippen LogP contribution in [-0.4, -0.2) is 20.6 Å². The van der Waals surface area contributed by atoms with Crippen molar-refractivity contribution in [3.63, 3.8) is 0 Å². The molecule has 2 aromatic rings. The fourth-order valence-corrected chi connectivity index (χ4v) is 2.59. The van der Waals surface area contributed by atoms with E-state index >= 15 is 0 Å². The van der Waals surface area contributed by atoms with E-state index in [4.69, 9.17) is 5.11 Å². The second-order valence-electron chi connectivity index (χ2n) is 5.97. The number of aromatic nitrogens is 2. The molecule has 4 heteroatoms. The molecule has 1 fully saturated rings. The molecule has 100 valence electrons. The van der Waals surface area contributed by atoms with Crippen molar-refractivity contribution in [2.45, 2.75) is 45.1 Å². The largest absolute Gasteiger partial charge is 0.478 e. The highest BCUT2D eigenvalue weighted by Crippen LogP contribution is 2.46. The summed E-state index contributed by atoms with van der Waals surface area (Å²) in [6, 6.07) is 5.19. The molecule has 1 heterocycles. The van der Waals surface area contributed by atoms with Gasteiger partial charge in [-0.1, -0.05) is 13.8 Å². The molecule has 0 saturated heterocycles. The highest BCUT2D eigenvalue weighted by Gasteiger charge is 2.42. The first kappa shape index (κ1) is 12.2. The molecule has 1 saturated carbocycles. The standard InChI is InChI=1S/C15H18N2O2/c1-9(2)13-16-11-5-4-10(14(18)19)8-12(11)17(13)15(3)6-7-15/h4-5,8-9H,6-7H2,1-3H3,(H,18,19). The molecule has 1 aromatic carbocycles. The van der Waals surface area contributed by atoms with Gasteiger partial charge in [0.15, 0.2) is 0 Å². The molecule has 1 N–H and O–H groups in total. The Labute approximate surface area is 112 Å². The van der Waals surface area contributed by atoms with Gasteiger partial charge in [0.2, 0.25) is 0 Å². The third-order valence-electron chi connectivity index (χ3n) is 3.96. The molecule has 1 aromatic heterocycles. The highest BCUT2D eigenvalue weighted by atomic mass is 16.4. The normalized spacial score (nSPS) is 17.1. The van der Waals surface area contributed by atoms with E-state index < -0.39 is 5.97 Å². The van der Waals surface area contributed by atoms with Crippen LogP contribution >= 0.6 is 0 Å². The molecule has 0 aliphatic heterocycles. The van der Waals surface area contributed by atoms with Crippen LogP contribution < -0.4 is 0 Å². The van der Waals surface area contributed by atoms with E-state index in [0.717, 1.165) is 29.7 Å². The van der Waals surface area contributed by atoms with E-state index in [0.29, 0.717) is 11.5 Å². The first-order chi connectivity index (χ1) is 8.92. The summed E-state index contributed by atoms with van der Waals surface area (Å²) < 4.78 is 2.25. The maximum Gasteiger partial charge on any atom is 0.335 e. The molecular formula is C15H18N2O2. The number of imidazole rings is 1. The average molecular weight is 258 g/mol. The topological polar surface area (TPSA) is 55.1 Å². The summed E-state index contributed by atoms with van der Waals surface area (Å²) in [4.78, 5) is 15.8. The molecule has 19 heavy (non-hydrogen) atoms. The maximum absolute atomic E-state index is 11.1. The number of carboxylic acids is 1. The molecule has 0 spiro atoms. The van der Waals surface area contributed by atoms with E-state index in [1.807, 2.05) is 6.07 Å². The summed E-state index contributed by atoms with van der Waals surface area (Å²) in [5.74, 6) is 0.498. The minimum atomic E-state index is -0.887. The molecule has 0 radical (unpaired) electrons. The Bertz CT molecular complexity index is 666. The number of fused-ring (bicyclic) bond motifs is 1. The molecule has 0 atom stereocenters. The van der Waals surface area contributed by atoms with Crippen molar-refractivity contribution in [1.29, 1.82) is 0 Å². The summed E-state index contributed by atoms with van der Waals surface area (Å²) in [6.07, 6.45) is 2.27. The van der Waals surface area contributed by atoms with Crippen LogP contribution in [0.4, 0.5) is 0 Å². The molecule has 1 aliphatic rings. The Balaban J connectivity index is 2.30. The number of benzene rings is 1. The van der Waals surface area contributed by atoms with Gasteiger partial charge in [-0.25, -0.2) is 9.78 Å². The number of aromatic carboxylic acids is 1. The van der Waals surface area contributed by atoms with E-state index in [9.17, 15) is 4.79 Å². The smallest absolute Gasteiger partial charge is 0.335 e. The van der Waals surface area contributed by atoms with Crippen LogP contribution in [0, 0.1) is 0 Å². The summed E-state index contributed by atoms with van der Waals surface area (Å²) in [5.41, 5.74) is 2.28. The fourth-order valence-electron chi connectivity index (χ4n) is 2.59. The van der Waals surface area contributed by atoms with Crippen molar-refractivity contribution in [3.05, 3.63) is 29.6 Å². The van der Waals surface area contributed by atoms with Crippen LogP contribution in [0.25, 0.3) is 11.0 Å². The fraction of sp³-hybridized carbons (Fsp3) is 0.467. The zero-order chi connectivity index (χ0) is 13.8. The highest BCUT2D eigenvalue weighted by molar-refractivity contribution is 5.92. The lowest BCUT2D eigenvalue weighted by Crippen LogP contribution is -2.16. The summed E-state index contributed by atoms with van der Waals surface area (Å²) >= 11 is 0.